The maximum Gasteiger partial charge on any atom is 0.147 e. The Balaban J connectivity index is 2.01. The monoisotopic (exact) mass is 390 g/mol. The zero-order valence-corrected chi connectivity index (χ0v) is 13.5. The molecule has 0 bridgehead atoms. The number of benzene rings is 1. The molecule has 2 nitrogen and oxygen atoms in total. The van der Waals surface area contributed by atoms with Gasteiger partial charge in [-0.1, -0.05) is 0 Å². The standard InChI is InChI=1S/C13H12Br2O2S/c14-11-5-10(7-16)6-12(15)13(11)17-3-1-9-2-4-18-8-9/h2,4-6,8,16H,1,3,7H2. The summed E-state index contributed by atoms with van der Waals surface area (Å²) in [4.78, 5) is 0. The predicted octanol–water partition coefficient (Wildman–Crippen LogP) is 4.39. The lowest BCUT2D eigenvalue weighted by molar-refractivity contribution is 0.281. The number of ether oxygens (including phenoxy) is 1. The van der Waals surface area contributed by atoms with Crippen molar-refractivity contribution in [3.05, 3.63) is 49.0 Å². The number of aliphatic hydroxyl groups is 1. The molecular formula is C13H12Br2O2S. The number of halogens is 2. The van der Waals surface area contributed by atoms with E-state index in [4.69, 9.17) is 9.84 Å². The number of aliphatic hydroxyl groups excluding tert-OH is 1. The van der Waals surface area contributed by atoms with Crippen LogP contribution in [0.4, 0.5) is 0 Å². The second kappa shape index (κ2) is 6.70. The van der Waals surface area contributed by atoms with Crippen LogP contribution in [0.25, 0.3) is 0 Å². The van der Waals surface area contributed by atoms with Crippen LogP contribution in [0.5, 0.6) is 5.75 Å². The van der Waals surface area contributed by atoms with Crippen molar-refractivity contribution in [1.82, 2.24) is 0 Å². The topological polar surface area (TPSA) is 29.5 Å². The summed E-state index contributed by atoms with van der Waals surface area (Å²) in [7, 11) is 0. The average Bonchev–Trinajstić information content (AvgIpc) is 2.85. The van der Waals surface area contributed by atoms with Gasteiger partial charge in [-0.05, 0) is 71.9 Å². The molecule has 0 atom stereocenters. The van der Waals surface area contributed by atoms with E-state index < -0.39 is 0 Å². The predicted molar refractivity (Wildman–Crippen MR) is 81.3 cm³/mol. The Morgan fingerprint density at radius 3 is 2.44 bits per heavy atom. The SMILES string of the molecule is OCc1cc(Br)c(OCCc2ccsc2)c(Br)c1. The first-order valence-corrected chi connectivity index (χ1v) is 7.96. The van der Waals surface area contributed by atoms with Gasteiger partial charge < -0.3 is 9.84 Å². The van der Waals surface area contributed by atoms with Gasteiger partial charge in [0.1, 0.15) is 5.75 Å². The van der Waals surface area contributed by atoms with Gasteiger partial charge in [-0.3, -0.25) is 0 Å². The Morgan fingerprint density at radius 1 is 1.17 bits per heavy atom. The molecule has 0 aliphatic carbocycles. The zero-order chi connectivity index (χ0) is 13.0. The Hall–Kier alpha value is -0.360. The number of hydrogen-bond donors (Lipinski definition) is 1. The second-order valence-corrected chi connectivity index (χ2v) is 6.27. The highest BCUT2D eigenvalue weighted by atomic mass is 79.9. The molecule has 1 aromatic heterocycles. The fraction of sp³-hybridized carbons (Fsp3) is 0.231. The van der Waals surface area contributed by atoms with Crippen LogP contribution in [0.15, 0.2) is 37.9 Å². The molecule has 2 rings (SSSR count). The summed E-state index contributed by atoms with van der Waals surface area (Å²) in [5.74, 6) is 0.780. The van der Waals surface area contributed by atoms with Crippen LogP contribution in [-0.2, 0) is 13.0 Å². The maximum atomic E-state index is 9.10. The largest absolute Gasteiger partial charge is 0.491 e. The molecule has 0 radical (unpaired) electrons. The van der Waals surface area contributed by atoms with E-state index >= 15 is 0 Å². The van der Waals surface area contributed by atoms with Gasteiger partial charge in [-0.15, -0.1) is 0 Å². The minimum atomic E-state index is 0.0202. The molecule has 0 spiro atoms. The highest BCUT2D eigenvalue weighted by molar-refractivity contribution is 9.11. The van der Waals surface area contributed by atoms with E-state index in [9.17, 15) is 0 Å². The van der Waals surface area contributed by atoms with Crippen molar-refractivity contribution < 1.29 is 9.84 Å². The molecule has 5 heteroatoms. The van der Waals surface area contributed by atoms with E-state index in [1.807, 2.05) is 12.1 Å². The van der Waals surface area contributed by atoms with Gasteiger partial charge in [-0.2, -0.15) is 11.3 Å². The molecule has 18 heavy (non-hydrogen) atoms. The lowest BCUT2D eigenvalue weighted by Gasteiger charge is -2.11. The van der Waals surface area contributed by atoms with Crippen molar-refractivity contribution in [2.75, 3.05) is 6.61 Å². The third-order valence-electron chi connectivity index (χ3n) is 2.46. The van der Waals surface area contributed by atoms with Crippen LogP contribution in [0.1, 0.15) is 11.1 Å². The van der Waals surface area contributed by atoms with Crippen molar-refractivity contribution in [1.29, 1.82) is 0 Å². The van der Waals surface area contributed by atoms with E-state index in [0.717, 1.165) is 26.7 Å². The quantitative estimate of drug-likeness (QED) is 0.818. The van der Waals surface area contributed by atoms with Crippen LogP contribution in [0.3, 0.4) is 0 Å². The summed E-state index contributed by atoms with van der Waals surface area (Å²) in [5, 5.41) is 13.3. The third kappa shape index (κ3) is 3.57. The number of hydrogen-bond acceptors (Lipinski definition) is 3. The summed E-state index contributed by atoms with van der Waals surface area (Å²) in [5.41, 5.74) is 2.14. The van der Waals surface area contributed by atoms with Crippen LogP contribution in [0.2, 0.25) is 0 Å². The first-order chi connectivity index (χ1) is 8.70. The minimum absolute atomic E-state index is 0.0202. The molecule has 1 aromatic carbocycles. The van der Waals surface area contributed by atoms with Gasteiger partial charge in [-0.25, -0.2) is 0 Å². The molecule has 0 fully saturated rings. The Kier molecular flexibility index (Phi) is 5.24. The zero-order valence-electron chi connectivity index (χ0n) is 9.53. The molecule has 1 heterocycles. The van der Waals surface area contributed by atoms with Crippen LogP contribution >= 0.6 is 43.2 Å². The molecule has 0 aliphatic rings. The van der Waals surface area contributed by atoms with Gasteiger partial charge in [0.25, 0.3) is 0 Å². The van der Waals surface area contributed by atoms with Gasteiger partial charge in [0.05, 0.1) is 22.2 Å². The van der Waals surface area contributed by atoms with Gasteiger partial charge >= 0.3 is 0 Å². The van der Waals surface area contributed by atoms with Crippen molar-refractivity contribution in [2.45, 2.75) is 13.0 Å². The fourth-order valence-corrected chi connectivity index (χ4v) is 3.76. The molecular weight excluding hydrogens is 380 g/mol. The van der Waals surface area contributed by atoms with E-state index in [1.54, 1.807) is 11.3 Å². The lowest BCUT2D eigenvalue weighted by Crippen LogP contribution is -2.02. The van der Waals surface area contributed by atoms with Crippen LogP contribution in [0, 0.1) is 0 Å². The van der Waals surface area contributed by atoms with Gasteiger partial charge in [0.2, 0.25) is 0 Å². The van der Waals surface area contributed by atoms with Crippen molar-refractivity contribution in [3.63, 3.8) is 0 Å². The Morgan fingerprint density at radius 2 is 1.89 bits per heavy atom. The minimum Gasteiger partial charge on any atom is -0.491 e. The molecule has 0 saturated carbocycles. The summed E-state index contributed by atoms with van der Waals surface area (Å²) < 4.78 is 7.48. The smallest absolute Gasteiger partial charge is 0.147 e. The highest BCUT2D eigenvalue weighted by Gasteiger charge is 2.08. The number of thiophene rings is 1. The van der Waals surface area contributed by atoms with Gasteiger partial charge in [0.15, 0.2) is 0 Å². The normalized spacial score (nSPS) is 10.6. The summed E-state index contributed by atoms with van der Waals surface area (Å²) in [6.07, 6.45) is 0.893. The second-order valence-electron chi connectivity index (χ2n) is 3.78. The highest BCUT2D eigenvalue weighted by Crippen LogP contribution is 2.34. The molecule has 0 amide bonds. The molecule has 0 unspecified atom stereocenters. The maximum absolute atomic E-state index is 9.10. The molecule has 1 N–H and O–H groups in total. The van der Waals surface area contributed by atoms with E-state index in [0.29, 0.717) is 6.61 Å². The van der Waals surface area contributed by atoms with Crippen LogP contribution in [-0.4, -0.2) is 11.7 Å². The van der Waals surface area contributed by atoms with Crippen LogP contribution < -0.4 is 4.74 Å². The molecule has 0 aliphatic heterocycles. The molecule has 96 valence electrons. The number of rotatable bonds is 5. The molecule has 2 aromatic rings. The lowest BCUT2D eigenvalue weighted by atomic mass is 10.2. The summed E-state index contributed by atoms with van der Waals surface area (Å²) in [6.45, 7) is 0.652. The third-order valence-corrected chi connectivity index (χ3v) is 4.37. The van der Waals surface area contributed by atoms with Crippen molar-refractivity contribution in [2.24, 2.45) is 0 Å². The van der Waals surface area contributed by atoms with E-state index in [2.05, 4.69) is 48.7 Å². The average molecular weight is 392 g/mol. The molecule has 0 saturated heterocycles. The first-order valence-electron chi connectivity index (χ1n) is 5.43. The van der Waals surface area contributed by atoms with E-state index in [1.165, 1.54) is 5.56 Å². The fourth-order valence-electron chi connectivity index (χ4n) is 1.55. The summed E-state index contributed by atoms with van der Waals surface area (Å²) >= 11 is 8.60. The Labute approximate surface area is 127 Å². The van der Waals surface area contributed by atoms with Crippen molar-refractivity contribution in [3.8, 4) is 5.75 Å². The van der Waals surface area contributed by atoms with Crippen molar-refractivity contribution >= 4 is 43.2 Å². The van der Waals surface area contributed by atoms with Gasteiger partial charge in [0, 0.05) is 6.42 Å². The summed E-state index contributed by atoms with van der Waals surface area (Å²) in [6, 6.07) is 5.84. The first kappa shape index (κ1) is 14.1. The van der Waals surface area contributed by atoms with E-state index in [-0.39, 0.29) is 6.61 Å². The Bertz CT molecular complexity index is 489.